The lowest BCUT2D eigenvalue weighted by atomic mass is 10.2. The molecule has 1 amide bonds. The lowest BCUT2D eigenvalue weighted by Gasteiger charge is -2.15. The SMILES string of the molecule is O=C(c1ccc(NCCn2cc(Cl)cn2)cc1)N1CCCC1. The molecule has 2 heterocycles. The highest BCUT2D eigenvalue weighted by Crippen LogP contribution is 2.15. The molecule has 1 N–H and O–H groups in total. The van der Waals surface area contributed by atoms with E-state index in [1.807, 2.05) is 29.2 Å². The number of likely N-dealkylation sites (tertiary alicyclic amines) is 1. The van der Waals surface area contributed by atoms with E-state index in [1.165, 1.54) is 0 Å². The number of carbonyl (C=O) groups is 1. The first kappa shape index (κ1) is 14.9. The molecule has 0 radical (unpaired) electrons. The van der Waals surface area contributed by atoms with Gasteiger partial charge in [0.05, 0.1) is 17.8 Å². The van der Waals surface area contributed by atoms with Crippen LogP contribution in [0.3, 0.4) is 0 Å². The maximum Gasteiger partial charge on any atom is 0.253 e. The molecule has 1 aliphatic rings. The maximum atomic E-state index is 12.2. The first-order chi connectivity index (χ1) is 10.7. The van der Waals surface area contributed by atoms with Gasteiger partial charge in [0.15, 0.2) is 0 Å². The number of hydrogen-bond donors (Lipinski definition) is 1. The summed E-state index contributed by atoms with van der Waals surface area (Å²) in [6, 6.07) is 7.65. The molecule has 3 rings (SSSR count). The lowest BCUT2D eigenvalue weighted by molar-refractivity contribution is 0.0793. The van der Waals surface area contributed by atoms with Crippen molar-refractivity contribution in [1.82, 2.24) is 14.7 Å². The van der Waals surface area contributed by atoms with Crippen molar-refractivity contribution in [2.24, 2.45) is 0 Å². The zero-order valence-corrected chi connectivity index (χ0v) is 13.1. The second-order valence-corrected chi connectivity index (χ2v) is 5.86. The Kier molecular flexibility index (Phi) is 4.63. The van der Waals surface area contributed by atoms with Crippen molar-refractivity contribution in [1.29, 1.82) is 0 Å². The molecule has 0 aliphatic carbocycles. The van der Waals surface area contributed by atoms with E-state index in [4.69, 9.17) is 11.6 Å². The fourth-order valence-electron chi connectivity index (χ4n) is 2.61. The molecule has 22 heavy (non-hydrogen) atoms. The molecule has 1 saturated heterocycles. The van der Waals surface area contributed by atoms with E-state index >= 15 is 0 Å². The summed E-state index contributed by atoms with van der Waals surface area (Å²) in [6.07, 6.45) is 5.65. The number of aromatic nitrogens is 2. The minimum atomic E-state index is 0.134. The Morgan fingerprint density at radius 2 is 1.95 bits per heavy atom. The third-order valence-electron chi connectivity index (χ3n) is 3.80. The smallest absolute Gasteiger partial charge is 0.253 e. The van der Waals surface area contributed by atoms with E-state index < -0.39 is 0 Å². The fourth-order valence-corrected chi connectivity index (χ4v) is 2.77. The largest absolute Gasteiger partial charge is 0.383 e. The lowest BCUT2D eigenvalue weighted by Crippen LogP contribution is -2.27. The highest BCUT2D eigenvalue weighted by molar-refractivity contribution is 6.30. The first-order valence-corrected chi connectivity index (χ1v) is 7.91. The van der Waals surface area contributed by atoms with E-state index in [1.54, 1.807) is 17.1 Å². The van der Waals surface area contributed by atoms with Crippen LogP contribution in [-0.4, -0.2) is 40.2 Å². The van der Waals surface area contributed by atoms with Crippen molar-refractivity contribution in [3.63, 3.8) is 0 Å². The van der Waals surface area contributed by atoms with Gasteiger partial charge in [-0.3, -0.25) is 9.48 Å². The maximum absolute atomic E-state index is 12.2. The van der Waals surface area contributed by atoms with Gasteiger partial charge in [0.1, 0.15) is 0 Å². The van der Waals surface area contributed by atoms with Crippen LogP contribution in [0, 0.1) is 0 Å². The Bertz CT molecular complexity index is 632. The zero-order valence-electron chi connectivity index (χ0n) is 12.3. The summed E-state index contributed by atoms with van der Waals surface area (Å²) in [5, 5.41) is 8.08. The molecule has 6 heteroatoms. The third kappa shape index (κ3) is 3.60. The molecular weight excluding hydrogens is 300 g/mol. The summed E-state index contributed by atoms with van der Waals surface area (Å²) >= 11 is 5.82. The number of nitrogens with one attached hydrogen (secondary N) is 1. The van der Waals surface area contributed by atoms with Gasteiger partial charge >= 0.3 is 0 Å². The molecule has 0 saturated carbocycles. The number of hydrogen-bond acceptors (Lipinski definition) is 3. The van der Waals surface area contributed by atoms with Crippen molar-refractivity contribution in [3.05, 3.63) is 47.2 Å². The van der Waals surface area contributed by atoms with Crippen molar-refractivity contribution in [3.8, 4) is 0 Å². The molecule has 1 aromatic heterocycles. The molecule has 0 unspecified atom stereocenters. The van der Waals surface area contributed by atoms with E-state index in [9.17, 15) is 4.79 Å². The highest BCUT2D eigenvalue weighted by Gasteiger charge is 2.18. The van der Waals surface area contributed by atoms with Gasteiger partial charge in [-0.1, -0.05) is 11.6 Å². The van der Waals surface area contributed by atoms with E-state index in [0.717, 1.165) is 50.3 Å². The van der Waals surface area contributed by atoms with Crippen molar-refractivity contribution < 1.29 is 4.79 Å². The predicted octanol–water partition coefficient (Wildman–Crippen LogP) is 2.88. The number of amides is 1. The summed E-state index contributed by atoms with van der Waals surface area (Å²) in [7, 11) is 0. The first-order valence-electron chi connectivity index (χ1n) is 7.53. The zero-order chi connectivity index (χ0) is 15.4. The predicted molar refractivity (Wildman–Crippen MR) is 87.3 cm³/mol. The van der Waals surface area contributed by atoms with Gasteiger partial charge < -0.3 is 10.2 Å². The van der Waals surface area contributed by atoms with Crippen LogP contribution < -0.4 is 5.32 Å². The molecule has 5 nitrogen and oxygen atoms in total. The van der Waals surface area contributed by atoms with Gasteiger partial charge in [-0.2, -0.15) is 5.10 Å². The Morgan fingerprint density at radius 1 is 1.23 bits per heavy atom. The average molecular weight is 319 g/mol. The van der Waals surface area contributed by atoms with Crippen LogP contribution in [0.2, 0.25) is 5.02 Å². The normalized spacial score (nSPS) is 14.3. The molecule has 0 bridgehead atoms. The van der Waals surface area contributed by atoms with E-state index in [-0.39, 0.29) is 5.91 Å². The number of halogens is 1. The van der Waals surface area contributed by atoms with Crippen molar-refractivity contribution >= 4 is 23.2 Å². The van der Waals surface area contributed by atoms with Crippen molar-refractivity contribution in [2.45, 2.75) is 19.4 Å². The molecule has 116 valence electrons. The van der Waals surface area contributed by atoms with Gasteiger partial charge in [0.2, 0.25) is 0 Å². The van der Waals surface area contributed by atoms with E-state index in [2.05, 4.69) is 10.4 Å². The molecule has 2 aromatic rings. The van der Waals surface area contributed by atoms with Crippen LogP contribution in [0.1, 0.15) is 23.2 Å². The summed E-state index contributed by atoms with van der Waals surface area (Å²) in [5.74, 6) is 0.134. The van der Waals surface area contributed by atoms with Crippen LogP contribution in [0.5, 0.6) is 0 Å². The van der Waals surface area contributed by atoms with Gasteiger partial charge in [-0.25, -0.2) is 0 Å². The summed E-state index contributed by atoms with van der Waals surface area (Å²) < 4.78 is 1.79. The average Bonchev–Trinajstić information content (AvgIpc) is 3.19. The van der Waals surface area contributed by atoms with Gasteiger partial charge in [0, 0.05) is 37.1 Å². The van der Waals surface area contributed by atoms with Crippen LogP contribution in [0.25, 0.3) is 0 Å². The fraction of sp³-hybridized carbons (Fsp3) is 0.375. The monoisotopic (exact) mass is 318 g/mol. The Morgan fingerprint density at radius 3 is 2.59 bits per heavy atom. The highest BCUT2D eigenvalue weighted by atomic mass is 35.5. The third-order valence-corrected chi connectivity index (χ3v) is 3.99. The van der Waals surface area contributed by atoms with Gasteiger partial charge in [0.25, 0.3) is 5.91 Å². The summed E-state index contributed by atoms with van der Waals surface area (Å²) in [4.78, 5) is 14.2. The molecule has 0 spiro atoms. The summed E-state index contributed by atoms with van der Waals surface area (Å²) in [6.45, 7) is 3.25. The van der Waals surface area contributed by atoms with Gasteiger partial charge in [-0.05, 0) is 37.1 Å². The van der Waals surface area contributed by atoms with Crippen LogP contribution >= 0.6 is 11.6 Å². The van der Waals surface area contributed by atoms with Gasteiger partial charge in [-0.15, -0.1) is 0 Å². The summed E-state index contributed by atoms with van der Waals surface area (Å²) in [5.41, 5.74) is 1.75. The number of nitrogens with zero attached hydrogens (tertiary/aromatic N) is 3. The van der Waals surface area contributed by atoms with Crippen molar-refractivity contribution in [2.75, 3.05) is 25.0 Å². The standard InChI is InChI=1S/C16H19ClN4O/c17-14-11-19-21(12-14)10-7-18-15-5-3-13(4-6-15)16(22)20-8-1-2-9-20/h3-6,11-12,18H,1-2,7-10H2. The van der Waals surface area contributed by atoms with Crippen LogP contribution in [0.4, 0.5) is 5.69 Å². The van der Waals surface area contributed by atoms with E-state index in [0.29, 0.717) is 5.02 Å². The molecule has 1 aromatic carbocycles. The second kappa shape index (κ2) is 6.83. The topological polar surface area (TPSA) is 50.2 Å². The van der Waals surface area contributed by atoms with Crippen LogP contribution in [0.15, 0.2) is 36.7 Å². The molecule has 1 aliphatic heterocycles. The van der Waals surface area contributed by atoms with Crippen LogP contribution in [-0.2, 0) is 6.54 Å². The minimum Gasteiger partial charge on any atom is -0.383 e. The Balaban J connectivity index is 1.51. The minimum absolute atomic E-state index is 0.134. The molecular formula is C16H19ClN4O. The number of rotatable bonds is 5. The Labute approximate surface area is 134 Å². The number of carbonyl (C=O) groups excluding carboxylic acids is 1. The second-order valence-electron chi connectivity index (χ2n) is 5.43. The number of anilines is 1. The number of benzene rings is 1. The quantitative estimate of drug-likeness (QED) is 0.922. The molecule has 1 fully saturated rings. The Hall–Kier alpha value is -2.01. The molecule has 0 atom stereocenters.